The first-order chi connectivity index (χ1) is 9.35. The number of sulfonamides is 1. The minimum absolute atomic E-state index is 0.0266. The minimum atomic E-state index is -3.88. The van der Waals surface area contributed by atoms with E-state index >= 15 is 0 Å². The standard InChI is InChI=1S/C11H18N2O6S/c12-10(14)8-6-19-5-4-13(8)20(17,18)9-3-1-2-7(9)11(15)16/h7-9H,1-6H2,(H2,12,14)(H,15,16). The molecule has 0 aromatic rings. The van der Waals surface area contributed by atoms with E-state index in [2.05, 4.69) is 0 Å². The van der Waals surface area contributed by atoms with Crippen LogP contribution in [-0.2, 0) is 24.3 Å². The van der Waals surface area contributed by atoms with Crippen molar-refractivity contribution in [3.8, 4) is 0 Å². The van der Waals surface area contributed by atoms with Crippen molar-refractivity contribution in [1.29, 1.82) is 0 Å². The zero-order chi connectivity index (χ0) is 14.9. The number of hydrogen-bond acceptors (Lipinski definition) is 5. The largest absolute Gasteiger partial charge is 0.481 e. The van der Waals surface area contributed by atoms with E-state index in [-0.39, 0.29) is 19.8 Å². The molecule has 0 radical (unpaired) electrons. The van der Waals surface area contributed by atoms with Crippen LogP contribution in [0, 0.1) is 5.92 Å². The normalized spacial score (nSPS) is 32.1. The molecule has 3 unspecified atom stereocenters. The number of hydrogen-bond donors (Lipinski definition) is 2. The predicted octanol–water partition coefficient (Wildman–Crippen LogP) is -1.24. The quantitative estimate of drug-likeness (QED) is 0.668. The molecule has 0 spiro atoms. The molecule has 114 valence electrons. The zero-order valence-electron chi connectivity index (χ0n) is 10.9. The maximum absolute atomic E-state index is 12.6. The van der Waals surface area contributed by atoms with Crippen LogP contribution in [0.1, 0.15) is 19.3 Å². The van der Waals surface area contributed by atoms with E-state index in [1.54, 1.807) is 0 Å². The van der Waals surface area contributed by atoms with Crippen LogP contribution in [0.5, 0.6) is 0 Å². The first kappa shape index (κ1) is 15.2. The van der Waals surface area contributed by atoms with Crippen LogP contribution in [0.3, 0.4) is 0 Å². The molecule has 1 aliphatic carbocycles. The number of carboxylic acids is 1. The predicted molar refractivity (Wildman–Crippen MR) is 68.2 cm³/mol. The number of rotatable bonds is 4. The number of carbonyl (C=O) groups is 2. The lowest BCUT2D eigenvalue weighted by atomic mass is 10.1. The van der Waals surface area contributed by atoms with Crippen molar-refractivity contribution >= 4 is 21.9 Å². The van der Waals surface area contributed by atoms with Gasteiger partial charge < -0.3 is 15.6 Å². The Morgan fingerprint density at radius 1 is 1.30 bits per heavy atom. The highest BCUT2D eigenvalue weighted by Gasteiger charge is 2.47. The number of ether oxygens (including phenoxy) is 1. The third-order valence-corrected chi connectivity index (χ3v) is 6.31. The maximum atomic E-state index is 12.6. The van der Waals surface area contributed by atoms with Gasteiger partial charge in [0.2, 0.25) is 15.9 Å². The molecular weight excluding hydrogens is 288 g/mol. The van der Waals surface area contributed by atoms with Crippen LogP contribution in [0.25, 0.3) is 0 Å². The van der Waals surface area contributed by atoms with Gasteiger partial charge in [-0.3, -0.25) is 9.59 Å². The third-order valence-electron chi connectivity index (χ3n) is 3.89. The van der Waals surface area contributed by atoms with Gasteiger partial charge in [-0.1, -0.05) is 6.42 Å². The molecule has 9 heteroatoms. The smallest absolute Gasteiger partial charge is 0.307 e. The van der Waals surface area contributed by atoms with E-state index < -0.39 is 39.1 Å². The molecule has 1 heterocycles. The molecule has 3 N–H and O–H groups in total. The molecule has 2 aliphatic rings. The Morgan fingerprint density at radius 3 is 2.60 bits per heavy atom. The Bertz CT molecular complexity index is 505. The number of nitrogens with zero attached hydrogens (tertiary/aromatic N) is 1. The number of amides is 1. The molecule has 8 nitrogen and oxygen atoms in total. The molecular formula is C11H18N2O6S. The van der Waals surface area contributed by atoms with Crippen LogP contribution < -0.4 is 5.73 Å². The first-order valence-electron chi connectivity index (χ1n) is 6.46. The number of carbonyl (C=O) groups excluding carboxylic acids is 1. The Hall–Kier alpha value is -1.19. The van der Waals surface area contributed by atoms with Gasteiger partial charge in [-0.25, -0.2) is 8.42 Å². The summed E-state index contributed by atoms with van der Waals surface area (Å²) in [4.78, 5) is 22.5. The van der Waals surface area contributed by atoms with E-state index in [0.29, 0.717) is 19.3 Å². The lowest BCUT2D eigenvalue weighted by Crippen LogP contribution is -2.57. The van der Waals surface area contributed by atoms with Gasteiger partial charge in [-0.15, -0.1) is 0 Å². The summed E-state index contributed by atoms with van der Waals surface area (Å²) in [5.41, 5.74) is 5.21. The SMILES string of the molecule is NC(=O)C1COCCN1S(=O)(=O)C1CCCC1C(=O)O. The summed E-state index contributed by atoms with van der Waals surface area (Å²) in [5.74, 6) is -2.81. The lowest BCUT2D eigenvalue weighted by Gasteiger charge is -2.35. The molecule has 0 aromatic heterocycles. The molecule has 3 atom stereocenters. The van der Waals surface area contributed by atoms with Gasteiger partial charge >= 0.3 is 5.97 Å². The van der Waals surface area contributed by atoms with E-state index in [1.165, 1.54) is 0 Å². The second-order valence-corrected chi connectivity index (χ2v) is 7.17. The summed E-state index contributed by atoms with van der Waals surface area (Å²) in [6, 6.07) is -1.05. The fourth-order valence-electron chi connectivity index (χ4n) is 2.86. The summed E-state index contributed by atoms with van der Waals surface area (Å²) in [7, 11) is -3.88. The summed E-state index contributed by atoms with van der Waals surface area (Å²) in [5, 5.41) is 8.14. The van der Waals surface area contributed by atoms with Gasteiger partial charge in [0, 0.05) is 6.54 Å². The molecule has 2 rings (SSSR count). The Balaban J connectivity index is 2.28. The summed E-state index contributed by atoms with van der Waals surface area (Å²) in [6.45, 7) is 0.116. The minimum Gasteiger partial charge on any atom is -0.481 e. The van der Waals surface area contributed by atoms with Crippen molar-refractivity contribution in [3.63, 3.8) is 0 Å². The van der Waals surface area contributed by atoms with Gasteiger partial charge in [-0.05, 0) is 12.8 Å². The molecule has 1 amide bonds. The van der Waals surface area contributed by atoms with Crippen LogP contribution in [0.4, 0.5) is 0 Å². The average Bonchev–Trinajstić information content (AvgIpc) is 2.88. The van der Waals surface area contributed by atoms with Crippen molar-refractivity contribution in [3.05, 3.63) is 0 Å². The molecule has 0 aromatic carbocycles. The van der Waals surface area contributed by atoms with E-state index in [1.807, 2.05) is 0 Å². The van der Waals surface area contributed by atoms with Crippen molar-refractivity contribution in [2.75, 3.05) is 19.8 Å². The number of primary amides is 1. The number of nitrogens with two attached hydrogens (primary N) is 1. The summed E-state index contributed by atoms with van der Waals surface area (Å²) < 4.78 is 31.3. The lowest BCUT2D eigenvalue weighted by molar-refractivity contribution is -0.141. The van der Waals surface area contributed by atoms with Crippen LogP contribution >= 0.6 is 0 Å². The highest BCUT2D eigenvalue weighted by Crippen LogP contribution is 2.34. The van der Waals surface area contributed by atoms with E-state index in [9.17, 15) is 18.0 Å². The number of aliphatic carboxylic acids is 1. The van der Waals surface area contributed by atoms with Crippen molar-refractivity contribution in [2.24, 2.45) is 11.7 Å². The molecule has 1 aliphatic heterocycles. The summed E-state index contributed by atoms with van der Waals surface area (Å²) >= 11 is 0. The Morgan fingerprint density at radius 2 is 2.00 bits per heavy atom. The number of carboxylic acid groups (broad SMARTS) is 1. The average molecular weight is 306 g/mol. The summed E-state index contributed by atoms with van der Waals surface area (Å²) in [6.07, 6.45) is 1.18. The molecule has 1 saturated carbocycles. The fraction of sp³-hybridized carbons (Fsp3) is 0.818. The first-order valence-corrected chi connectivity index (χ1v) is 7.96. The highest BCUT2D eigenvalue weighted by atomic mass is 32.2. The molecule has 2 fully saturated rings. The second kappa shape index (κ2) is 5.66. The van der Waals surface area contributed by atoms with Gasteiger partial charge in [0.25, 0.3) is 0 Å². The van der Waals surface area contributed by atoms with Crippen LogP contribution in [0.15, 0.2) is 0 Å². The second-order valence-electron chi connectivity index (χ2n) is 5.06. The topological polar surface area (TPSA) is 127 Å². The monoisotopic (exact) mass is 306 g/mol. The van der Waals surface area contributed by atoms with E-state index in [0.717, 1.165) is 4.31 Å². The number of morpholine rings is 1. The van der Waals surface area contributed by atoms with Crippen LogP contribution in [-0.4, -0.2) is 60.8 Å². The molecule has 1 saturated heterocycles. The van der Waals surface area contributed by atoms with Gasteiger partial charge in [0.05, 0.1) is 24.4 Å². The molecule has 20 heavy (non-hydrogen) atoms. The van der Waals surface area contributed by atoms with Gasteiger partial charge in [0.1, 0.15) is 6.04 Å². The van der Waals surface area contributed by atoms with Gasteiger partial charge in [0.15, 0.2) is 0 Å². The fourth-order valence-corrected chi connectivity index (χ4v) is 5.18. The zero-order valence-corrected chi connectivity index (χ0v) is 11.7. The van der Waals surface area contributed by atoms with Crippen LogP contribution in [0.2, 0.25) is 0 Å². The van der Waals surface area contributed by atoms with Crippen molar-refractivity contribution in [2.45, 2.75) is 30.6 Å². The Kier molecular flexibility index (Phi) is 4.31. The van der Waals surface area contributed by atoms with Gasteiger partial charge in [-0.2, -0.15) is 4.31 Å². The molecule has 0 bridgehead atoms. The van der Waals surface area contributed by atoms with E-state index in [4.69, 9.17) is 15.6 Å². The maximum Gasteiger partial charge on any atom is 0.307 e. The highest BCUT2D eigenvalue weighted by molar-refractivity contribution is 7.89. The van der Waals surface area contributed by atoms with Crippen molar-refractivity contribution in [1.82, 2.24) is 4.31 Å². The Labute approximate surface area is 116 Å². The van der Waals surface area contributed by atoms with Crippen molar-refractivity contribution < 1.29 is 27.9 Å². The third kappa shape index (κ3) is 2.65.